The van der Waals surface area contributed by atoms with Gasteiger partial charge in [-0.25, -0.2) is 26.1 Å². The number of hydrogen-bond donors (Lipinski definition) is 1. The Kier molecular flexibility index (Phi) is 9.60. The summed E-state index contributed by atoms with van der Waals surface area (Å²) in [6, 6.07) is 0. The van der Waals surface area contributed by atoms with Gasteiger partial charge in [-0.3, -0.25) is 9.59 Å². The third-order valence-corrected chi connectivity index (χ3v) is 5.86. The smallest absolute Gasteiger partial charge is 0.449 e. The summed E-state index contributed by atoms with van der Waals surface area (Å²) in [5.74, 6) is -3.57. The van der Waals surface area contributed by atoms with Crippen molar-refractivity contribution in [1.29, 1.82) is 0 Å². The van der Waals surface area contributed by atoms with Gasteiger partial charge >= 0.3 is 35.8 Å². The number of carbonyl (C=O) groups is 2. The van der Waals surface area contributed by atoms with Crippen LogP contribution in [0.5, 0.6) is 0 Å². The molecule has 30 heavy (non-hydrogen) atoms. The van der Waals surface area contributed by atoms with Crippen molar-refractivity contribution < 1.29 is 71.5 Å². The second-order valence-electron chi connectivity index (χ2n) is 4.77. The molecule has 0 amide bonds. The molecule has 0 aliphatic carbocycles. The van der Waals surface area contributed by atoms with Crippen LogP contribution >= 0.6 is 0 Å². The molecular formula is C11H13F8NO8S2. The maximum absolute atomic E-state index is 13.6. The largest absolute Gasteiger partial charge is 0.465 e. The molecule has 0 spiro atoms. The highest BCUT2D eigenvalue weighted by Gasteiger charge is 2.72. The second kappa shape index (κ2) is 10.1. The summed E-state index contributed by atoms with van der Waals surface area (Å²) in [7, 11) is -10.8. The Hall–Kier alpha value is -1.60. The SMILES string of the molecule is CCOC(=O)C(C(=O)OCC)S(=O)NS(=O)(=O)C(F)(F)C(F)(F)OC(F)(F)C(F)F. The summed E-state index contributed by atoms with van der Waals surface area (Å²) in [5.41, 5.74) is 0. The first-order valence-corrected chi connectivity index (χ1v) is 9.95. The lowest BCUT2D eigenvalue weighted by molar-refractivity contribution is -0.435. The van der Waals surface area contributed by atoms with Crippen molar-refractivity contribution in [2.75, 3.05) is 13.2 Å². The first-order chi connectivity index (χ1) is 13.4. The topological polar surface area (TPSA) is 125 Å². The van der Waals surface area contributed by atoms with Crippen LogP contribution in [0.25, 0.3) is 0 Å². The Morgan fingerprint density at radius 3 is 1.70 bits per heavy atom. The van der Waals surface area contributed by atoms with E-state index in [0.29, 0.717) is 4.13 Å². The van der Waals surface area contributed by atoms with Gasteiger partial charge in [0.15, 0.2) is 0 Å². The number of alkyl halides is 8. The molecule has 0 aromatic rings. The molecule has 0 saturated carbocycles. The van der Waals surface area contributed by atoms with E-state index in [1.807, 2.05) is 4.74 Å². The molecule has 0 aromatic heterocycles. The second-order valence-corrected chi connectivity index (χ2v) is 8.02. The Labute approximate surface area is 165 Å². The van der Waals surface area contributed by atoms with Crippen LogP contribution in [0.2, 0.25) is 0 Å². The molecule has 1 N–H and O–H groups in total. The third kappa shape index (κ3) is 6.45. The molecule has 1 unspecified atom stereocenters. The lowest BCUT2D eigenvalue weighted by Crippen LogP contribution is -2.57. The molecule has 178 valence electrons. The van der Waals surface area contributed by atoms with Crippen LogP contribution in [0.3, 0.4) is 0 Å². The molecule has 9 nitrogen and oxygen atoms in total. The van der Waals surface area contributed by atoms with Crippen LogP contribution < -0.4 is 4.13 Å². The number of sulfonamides is 1. The molecule has 0 aliphatic rings. The Morgan fingerprint density at radius 2 is 1.37 bits per heavy atom. The van der Waals surface area contributed by atoms with Gasteiger partial charge in [0.1, 0.15) is 11.0 Å². The first kappa shape index (κ1) is 28.4. The quantitative estimate of drug-likeness (QED) is 0.239. The van der Waals surface area contributed by atoms with Gasteiger partial charge in [-0.05, 0) is 13.8 Å². The molecule has 0 fully saturated rings. The molecule has 0 rings (SSSR count). The predicted molar refractivity (Wildman–Crippen MR) is 79.2 cm³/mol. The van der Waals surface area contributed by atoms with Gasteiger partial charge in [-0.2, -0.15) is 26.3 Å². The molecule has 0 saturated heterocycles. The van der Waals surface area contributed by atoms with Crippen molar-refractivity contribution in [2.45, 2.75) is 43.0 Å². The minimum absolute atomic E-state index is 0.297. The van der Waals surface area contributed by atoms with Crippen molar-refractivity contribution in [3.63, 3.8) is 0 Å². The van der Waals surface area contributed by atoms with Crippen LogP contribution in [-0.4, -0.2) is 66.9 Å². The maximum Gasteiger partial charge on any atom is 0.449 e. The molecule has 0 bridgehead atoms. The number of halogens is 8. The van der Waals surface area contributed by atoms with E-state index in [4.69, 9.17) is 0 Å². The van der Waals surface area contributed by atoms with Crippen LogP contribution in [-0.2, 0) is 44.8 Å². The Morgan fingerprint density at radius 1 is 0.967 bits per heavy atom. The summed E-state index contributed by atoms with van der Waals surface area (Å²) in [6.45, 7) is 1.32. The van der Waals surface area contributed by atoms with Crippen LogP contribution in [0.4, 0.5) is 35.1 Å². The van der Waals surface area contributed by atoms with Gasteiger partial charge in [-0.15, -0.1) is 4.13 Å². The lowest BCUT2D eigenvalue weighted by Gasteiger charge is -2.28. The fourth-order valence-electron chi connectivity index (χ4n) is 1.35. The van der Waals surface area contributed by atoms with Crippen molar-refractivity contribution >= 4 is 32.9 Å². The average molecular weight is 503 g/mol. The summed E-state index contributed by atoms with van der Waals surface area (Å²) in [5, 5.41) is -9.52. The lowest BCUT2D eigenvalue weighted by atomic mass is 10.4. The molecular weight excluding hydrogens is 490 g/mol. The summed E-state index contributed by atoms with van der Waals surface area (Å²) >= 11 is 0. The highest BCUT2D eigenvalue weighted by molar-refractivity contribution is 8.03. The average Bonchev–Trinajstić information content (AvgIpc) is 2.53. The number of hydrogen-bond acceptors (Lipinski definition) is 8. The van der Waals surface area contributed by atoms with E-state index in [-0.39, 0.29) is 0 Å². The molecule has 0 aromatic carbocycles. The van der Waals surface area contributed by atoms with Gasteiger partial charge in [0.25, 0.3) is 10.0 Å². The monoisotopic (exact) mass is 503 g/mol. The molecule has 1 atom stereocenters. The highest BCUT2D eigenvalue weighted by atomic mass is 32.3. The van der Waals surface area contributed by atoms with Gasteiger partial charge in [0.05, 0.1) is 13.2 Å². The van der Waals surface area contributed by atoms with Gasteiger partial charge in [0, 0.05) is 0 Å². The number of carbonyl (C=O) groups excluding carboxylic acids is 2. The number of nitrogens with one attached hydrogen (secondary N) is 1. The van der Waals surface area contributed by atoms with Crippen LogP contribution in [0.1, 0.15) is 13.8 Å². The zero-order chi connectivity index (χ0) is 24.1. The maximum atomic E-state index is 13.6. The standard InChI is InChI=1S/C11H13F8NO8S2/c1-3-26-6(21)5(7(22)27-4-2)29(23)20-30(24,25)11(18,19)10(16,17)28-9(14,15)8(12)13/h5,8,20H,3-4H2,1-2H3. The van der Waals surface area contributed by atoms with Crippen molar-refractivity contribution in [3.8, 4) is 0 Å². The normalized spacial score (nSPS) is 14.7. The number of ether oxygens (including phenoxy) is 3. The zero-order valence-corrected chi connectivity index (χ0v) is 16.3. The summed E-state index contributed by atoms with van der Waals surface area (Å²) in [4.78, 5) is 23.2. The van der Waals surface area contributed by atoms with E-state index in [1.165, 1.54) is 0 Å². The fourth-order valence-corrected chi connectivity index (χ4v) is 3.86. The molecule has 19 heteroatoms. The van der Waals surface area contributed by atoms with Crippen molar-refractivity contribution in [2.24, 2.45) is 0 Å². The van der Waals surface area contributed by atoms with Crippen molar-refractivity contribution in [3.05, 3.63) is 0 Å². The summed E-state index contributed by atoms with van der Waals surface area (Å²) in [6.07, 6.45) is -18.0. The minimum Gasteiger partial charge on any atom is -0.465 e. The summed E-state index contributed by atoms with van der Waals surface area (Å²) < 4.78 is 148. The molecule has 0 heterocycles. The number of esters is 2. The van der Waals surface area contributed by atoms with Crippen molar-refractivity contribution in [1.82, 2.24) is 4.13 Å². The van der Waals surface area contributed by atoms with Crippen LogP contribution in [0.15, 0.2) is 0 Å². The molecule has 0 aliphatic heterocycles. The fraction of sp³-hybridized carbons (Fsp3) is 0.818. The van der Waals surface area contributed by atoms with E-state index in [2.05, 4.69) is 9.47 Å². The van der Waals surface area contributed by atoms with E-state index >= 15 is 0 Å². The van der Waals surface area contributed by atoms with Gasteiger partial charge in [-0.1, -0.05) is 0 Å². The molecule has 0 radical (unpaired) electrons. The highest BCUT2D eigenvalue weighted by Crippen LogP contribution is 2.44. The predicted octanol–water partition coefficient (Wildman–Crippen LogP) is 1.12. The van der Waals surface area contributed by atoms with Crippen LogP contribution in [0, 0.1) is 0 Å². The minimum atomic E-state index is -7.01. The Balaban J connectivity index is 5.91. The number of rotatable bonds is 12. The van der Waals surface area contributed by atoms with Gasteiger partial charge < -0.3 is 9.47 Å². The van der Waals surface area contributed by atoms with E-state index < -0.39 is 75.3 Å². The van der Waals surface area contributed by atoms with Gasteiger partial charge in [0.2, 0.25) is 5.25 Å². The third-order valence-electron chi connectivity index (χ3n) is 2.60. The Bertz CT molecular complexity index is 742. The van der Waals surface area contributed by atoms with E-state index in [1.54, 1.807) is 0 Å². The van der Waals surface area contributed by atoms with E-state index in [0.717, 1.165) is 13.8 Å². The van der Waals surface area contributed by atoms with E-state index in [9.17, 15) is 57.3 Å². The first-order valence-electron chi connectivity index (χ1n) is 7.25. The zero-order valence-electron chi connectivity index (χ0n) is 14.7.